The first-order valence-electron chi connectivity index (χ1n) is 7.78. The number of carbonyl (C=O) groups excluding carboxylic acids is 1. The summed E-state index contributed by atoms with van der Waals surface area (Å²) < 4.78 is 5.68. The number of benzene rings is 1. The van der Waals surface area contributed by atoms with Crippen molar-refractivity contribution in [3.8, 4) is 5.75 Å². The number of ether oxygens (including phenoxy) is 1. The summed E-state index contributed by atoms with van der Waals surface area (Å²) in [7, 11) is 0. The lowest BCUT2D eigenvalue weighted by Crippen LogP contribution is -2.26. The third kappa shape index (κ3) is 3.62. The summed E-state index contributed by atoms with van der Waals surface area (Å²) in [6, 6.07) is 7.64. The van der Waals surface area contributed by atoms with E-state index in [2.05, 4.69) is 13.8 Å². The van der Waals surface area contributed by atoms with Crippen LogP contribution in [0.4, 0.5) is 0 Å². The van der Waals surface area contributed by atoms with Gasteiger partial charge in [-0.15, -0.1) is 0 Å². The fraction of sp³-hybridized carbons (Fsp3) is 0.611. The second-order valence-electron chi connectivity index (χ2n) is 6.52. The van der Waals surface area contributed by atoms with Crippen molar-refractivity contribution in [3.05, 3.63) is 29.8 Å². The molecule has 0 heterocycles. The highest BCUT2D eigenvalue weighted by atomic mass is 16.5. The topological polar surface area (TPSA) is 26.3 Å². The Labute approximate surface area is 122 Å². The molecule has 3 atom stereocenters. The summed E-state index contributed by atoms with van der Waals surface area (Å²) >= 11 is 0. The van der Waals surface area contributed by atoms with Crippen molar-refractivity contribution >= 4 is 5.78 Å². The Morgan fingerprint density at radius 1 is 1.20 bits per heavy atom. The third-order valence-corrected chi connectivity index (χ3v) is 4.46. The highest BCUT2D eigenvalue weighted by Gasteiger charge is 2.29. The number of ketones is 1. The van der Waals surface area contributed by atoms with Gasteiger partial charge in [0.05, 0.1) is 6.10 Å². The smallest absolute Gasteiger partial charge is 0.166 e. The molecule has 1 aromatic carbocycles. The fourth-order valence-electron chi connectivity index (χ4n) is 3.02. The Morgan fingerprint density at radius 3 is 2.60 bits per heavy atom. The number of carbonyl (C=O) groups is 1. The van der Waals surface area contributed by atoms with Gasteiger partial charge in [-0.1, -0.05) is 26.0 Å². The Kier molecular flexibility index (Phi) is 4.85. The van der Waals surface area contributed by atoms with Crippen molar-refractivity contribution in [2.24, 2.45) is 17.8 Å². The van der Waals surface area contributed by atoms with Gasteiger partial charge in [0.2, 0.25) is 0 Å². The van der Waals surface area contributed by atoms with Gasteiger partial charge in [-0.2, -0.15) is 0 Å². The largest absolute Gasteiger partial charge is 0.491 e. The zero-order chi connectivity index (χ0) is 14.7. The van der Waals surface area contributed by atoms with Crippen LogP contribution in [0.15, 0.2) is 24.3 Å². The first kappa shape index (κ1) is 15.1. The number of hydrogen-bond acceptors (Lipinski definition) is 2. The predicted molar refractivity (Wildman–Crippen MR) is 82.2 cm³/mol. The highest BCUT2D eigenvalue weighted by Crippen LogP contribution is 2.35. The molecule has 1 aliphatic carbocycles. The van der Waals surface area contributed by atoms with Crippen LogP contribution in [-0.4, -0.2) is 11.9 Å². The molecular weight excluding hydrogens is 248 g/mol. The van der Waals surface area contributed by atoms with Gasteiger partial charge >= 0.3 is 0 Å². The molecule has 2 heteroatoms. The molecule has 1 saturated carbocycles. The van der Waals surface area contributed by atoms with Crippen LogP contribution < -0.4 is 4.74 Å². The molecule has 3 unspecified atom stereocenters. The van der Waals surface area contributed by atoms with Gasteiger partial charge in [0.1, 0.15) is 5.75 Å². The lowest BCUT2D eigenvalue weighted by atomic mass is 9.73. The Hall–Kier alpha value is -1.31. The van der Waals surface area contributed by atoms with E-state index in [4.69, 9.17) is 4.74 Å². The van der Waals surface area contributed by atoms with Crippen LogP contribution in [0.5, 0.6) is 5.75 Å². The normalized spacial score (nSPS) is 26.6. The van der Waals surface area contributed by atoms with E-state index in [0.29, 0.717) is 5.92 Å². The van der Waals surface area contributed by atoms with E-state index in [0.717, 1.165) is 30.1 Å². The third-order valence-electron chi connectivity index (χ3n) is 4.46. The van der Waals surface area contributed by atoms with Crippen LogP contribution in [0.2, 0.25) is 0 Å². The first-order valence-corrected chi connectivity index (χ1v) is 7.78. The van der Waals surface area contributed by atoms with E-state index in [1.807, 2.05) is 38.1 Å². The molecule has 0 bridgehead atoms. The van der Waals surface area contributed by atoms with Crippen LogP contribution in [0.3, 0.4) is 0 Å². The van der Waals surface area contributed by atoms with Gasteiger partial charge in [-0.25, -0.2) is 0 Å². The molecular formula is C18H26O2. The van der Waals surface area contributed by atoms with Gasteiger partial charge < -0.3 is 4.74 Å². The van der Waals surface area contributed by atoms with Gasteiger partial charge in [0.25, 0.3) is 0 Å². The Bertz CT molecular complexity index is 464. The van der Waals surface area contributed by atoms with Gasteiger partial charge in [0, 0.05) is 11.5 Å². The van der Waals surface area contributed by atoms with Gasteiger partial charge in [-0.3, -0.25) is 4.79 Å². The van der Waals surface area contributed by atoms with Crippen molar-refractivity contribution in [2.75, 3.05) is 0 Å². The summed E-state index contributed by atoms with van der Waals surface area (Å²) in [6.07, 6.45) is 3.35. The molecule has 0 radical (unpaired) electrons. The molecule has 110 valence electrons. The van der Waals surface area contributed by atoms with E-state index < -0.39 is 0 Å². The lowest BCUT2D eigenvalue weighted by molar-refractivity contribution is 0.0837. The molecule has 1 aliphatic rings. The predicted octanol–water partition coefficient (Wildman–Crippen LogP) is 4.73. The highest BCUT2D eigenvalue weighted by molar-refractivity contribution is 5.98. The monoisotopic (exact) mass is 274 g/mol. The minimum absolute atomic E-state index is 0.135. The minimum Gasteiger partial charge on any atom is -0.491 e. The molecule has 0 amide bonds. The summed E-state index contributed by atoms with van der Waals surface area (Å²) in [5.41, 5.74) is 0.801. The van der Waals surface area contributed by atoms with Crippen LogP contribution >= 0.6 is 0 Å². The molecule has 2 nitrogen and oxygen atoms in total. The van der Waals surface area contributed by atoms with E-state index >= 15 is 0 Å². The van der Waals surface area contributed by atoms with Gasteiger partial charge in [-0.05, 0) is 57.1 Å². The first-order chi connectivity index (χ1) is 9.47. The number of Topliss-reactive ketones (excluding diaryl/α,β-unsaturated/α-hetero) is 1. The maximum atomic E-state index is 12.6. The second-order valence-corrected chi connectivity index (χ2v) is 6.52. The van der Waals surface area contributed by atoms with Crippen LogP contribution in [-0.2, 0) is 0 Å². The second kappa shape index (κ2) is 6.43. The number of rotatable bonds is 4. The summed E-state index contributed by atoms with van der Waals surface area (Å²) in [6.45, 7) is 8.56. The average Bonchev–Trinajstić information content (AvgIpc) is 2.40. The van der Waals surface area contributed by atoms with E-state index in [9.17, 15) is 4.79 Å². The zero-order valence-electron chi connectivity index (χ0n) is 13.1. The molecule has 20 heavy (non-hydrogen) atoms. The molecule has 2 rings (SSSR count). The fourth-order valence-corrected chi connectivity index (χ4v) is 3.02. The van der Waals surface area contributed by atoms with E-state index in [1.54, 1.807) is 0 Å². The maximum absolute atomic E-state index is 12.6. The number of hydrogen-bond donors (Lipinski definition) is 0. The summed E-state index contributed by atoms with van der Waals surface area (Å²) in [5, 5.41) is 0. The molecule has 0 aliphatic heterocycles. The van der Waals surface area contributed by atoms with Crippen molar-refractivity contribution in [2.45, 2.75) is 53.1 Å². The molecule has 0 N–H and O–H groups in total. The molecule has 1 fully saturated rings. The zero-order valence-corrected chi connectivity index (χ0v) is 13.1. The summed E-state index contributed by atoms with van der Waals surface area (Å²) in [4.78, 5) is 12.6. The average molecular weight is 274 g/mol. The van der Waals surface area contributed by atoms with Crippen molar-refractivity contribution < 1.29 is 9.53 Å². The lowest BCUT2D eigenvalue weighted by Gasteiger charge is -2.31. The SMILES string of the molecule is CC(C)Oc1cccc(C(=O)C2CCC(C)C(C)C2)c1. The molecule has 0 spiro atoms. The van der Waals surface area contributed by atoms with E-state index in [-0.39, 0.29) is 17.8 Å². The van der Waals surface area contributed by atoms with Crippen LogP contribution in [0, 0.1) is 17.8 Å². The summed E-state index contributed by atoms with van der Waals surface area (Å²) in [5.74, 6) is 2.67. The van der Waals surface area contributed by atoms with Crippen molar-refractivity contribution in [1.29, 1.82) is 0 Å². The Balaban J connectivity index is 2.09. The van der Waals surface area contributed by atoms with Crippen LogP contribution in [0.25, 0.3) is 0 Å². The molecule has 0 saturated heterocycles. The van der Waals surface area contributed by atoms with Gasteiger partial charge in [0.15, 0.2) is 5.78 Å². The Morgan fingerprint density at radius 2 is 1.95 bits per heavy atom. The quantitative estimate of drug-likeness (QED) is 0.742. The standard InChI is InChI=1S/C18H26O2/c1-12(2)20-17-7-5-6-15(11-17)18(19)16-9-8-13(3)14(4)10-16/h5-7,11-14,16H,8-10H2,1-4H3. The van der Waals surface area contributed by atoms with Crippen molar-refractivity contribution in [3.63, 3.8) is 0 Å². The molecule has 1 aromatic rings. The molecule has 0 aromatic heterocycles. The minimum atomic E-state index is 0.135. The van der Waals surface area contributed by atoms with Crippen molar-refractivity contribution in [1.82, 2.24) is 0 Å². The van der Waals surface area contributed by atoms with Crippen LogP contribution in [0.1, 0.15) is 57.3 Å². The maximum Gasteiger partial charge on any atom is 0.166 e. The van der Waals surface area contributed by atoms with E-state index in [1.165, 1.54) is 6.42 Å².